The van der Waals surface area contributed by atoms with E-state index in [-0.39, 0.29) is 11.5 Å². The zero-order valence-corrected chi connectivity index (χ0v) is 13.5. The van der Waals surface area contributed by atoms with Crippen LogP contribution < -0.4 is 0 Å². The summed E-state index contributed by atoms with van der Waals surface area (Å²) in [6.45, 7) is 2.00. The smallest absolute Gasteiger partial charge is 0.153 e. The van der Waals surface area contributed by atoms with E-state index in [2.05, 4.69) is 0 Å². The van der Waals surface area contributed by atoms with Crippen LogP contribution in [0.15, 0.2) is 0 Å². The van der Waals surface area contributed by atoms with Crippen LogP contribution in [0.3, 0.4) is 0 Å². The standard InChI is InChI=1S/C15H26O5S/c1-21(17,18)13-3-2-5-15(13,16)12-4-8-20-14(11-12)6-9-19-10-7-14/h12-13,16H,2-11H2,1H3. The molecule has 3 atom stereocenters. The van der Waals surface area contributed by atoms with Crippen LogP contribution in [0.25, 0.3) is 0 Å². The maximum atomic E-state index is 12.0. The number of ether oxygens (including phenoxy) is 2. The summed E-state index contributed by atoms with van der Waals surface area (Å²) in [6, 6.07) is 0. The van der Waals surface area contributed by atoms with Gasteiger partial charge in [0.25, 0.3) is 0 Å². The van der Waals surface area contributed by atoms with Crippen molar-refractivity contribution in [3.05, 3.63) is 0 Å². The van der Waals surface area contributed by atoms with E-state index in [0.29, 0.717) is 32.7 Å². The van der Waals surface area contributed by atoms with E-state index in [1.807, 2.05) is 0 Å². The average molecular weight is 318 g/mol. The molecule has 122 valence electrons. The predicted molar refractivity (Wildman–Crippen MR) is 78.9 cm³/mol. The van der Waals surface area contributed by atoms with Crippen molar-refractivity contribution in [3.63, 3.8) is 0 Å². The monoisotopic (exact) mass is 318 g/mol. The highest BCUT2D eigenvalue weighted by Crippen LogP contribution is 2.48. The van der Waals surface area contributed by atoms with Crippen molar-refractivity contribution < 1.29 is 23.0 Å². The molecule has 0 aromatic heterocycles. The molecule has 3 fully saturated rings. The Hall–Kier alpha value is -0.170. The maximum absolute atomic E-state index is 12.0. The molecule has 2 saturated heterocycles. The molecule has 0 bridgehead atoms. The molecule has 6 heteroatoms. The Kier molecular flexibility index (Phi) is 4.10. The Bertz CT molecular complexity index is 477. The van der Waals surface area contributed by atoms with Crippen LogP contribution in [0.4, 0.5) is 0 Å². The van der Waals surface area contributed by atoms with Gasteiger partial charge in [-0.15, -0.1) is 0 Å². The summed E-state index contributed by atoms with van der Waals surface area (Å²) < 4.78 is 35.5. The summed E-state index contributed by atoms with van der Waals surface area (Å²) in [5, 5.41) is 10.6. The topological polar surface area (TPSA) is 72.8 Å². The number of sulfone groups is 1. The first-order chi connectivity index (χ1) is 9.86. The van der Waals surface area contributed by atoms with E-state index in [9.17, 15) is 13.5 Å². The quantitative estimate of drug-likeness (QED) is 0.830. The van der Waals surface area contributed by atoms with Gasteiger partial charge in [-0.05, 0) is 50.9 Å². The first kappa shape index (κ1) is 15.7. The second kappa shape index (κ2) is 5.48. The lowest BCUT2D eigenvalue weighted by atomic mass is 9.72. The molecule has 0 aromatic rings. The van der Waals surface area contributed by atoms with Crippen molar-refractivity contribution in [1.29, 1.82) is 0 Å². The van der Waals surface area contributed by atoms with E-state index >= 15 is 0 Å². The molecule has 1 spiro atoms. The molecule has 3 unspecified atom stereocenters. The fraction of sp³-hybridized carbons (Fsp3) is 1.00. The van der Waals surface area contributed by atoms with Crippen LogP contribution in [-0.4, -0.2) is 56.1 Å². The summed E-state index contributed by atoms with van der Waals surface area (Å²) in [4.78, 5) is 0. The lowest BCUT2D eigenvalue weighted by Gasteiger charge is -2.48. The van der Waals surface area contributed by atoms with E-state index in [4.69, 9.17) is 9.47 Å². The zero-order chi connectivity index (χ0) is 15.1. The Morgan fingerprint density at radius 1 is 1.10 bits per heavy atom. The van der Waals surface area contributed by atoms with Crippen molar-refractivity contribution in [2.75, 3.05) is 26.1 Å². The highest BCUT2D eigenvalue weighted by atomic mass is 32.2. The first-order valence-electron chi connectivity index (χ1n) is 7.99. The van der Waals surface area contributed by atoms with Gasteiger partial charge in [-0.1, -0.05) is 0 Å². The van der Waals surface area contributed by atoms with Crippen LogP contribution in [-0.2, 0) is 19.3 Å². The summed E-state index contributed by atoms with van der Waals surface area (Å²) in [5.41, 5.74) is -1.27. The van der Waals surface area contributed by atoms with E-state index in [0.717, 1.165) is 32.1 Å². The molecule has 0 aromatic carbocycles. The predicted octanol–water partition coefficient (Wildman–Crippen LogP) is 1.29. The van der Waals surface area contributed by atoms with E-state index in [1.165, 1.54) is 6.26 Å². The molecule has 0 radical (unpaired) electrons. The molecule has 21 heavy (non-hydrogen) atoms. The first-order valence-corrected chi connectivity index (χ1v) is 9.94. The largest absolute Gasteiger partial charge is 0.388 e. The van der Waals surface area contributed by atoms with Crippen LogP contribution in [0, 0.1) is 5.92 Å². The van der Waals surface area contributed by atoms with Crippen LogP contribution >= 0.6 is 0 Å². The normalized spacial score (nSPS) is 40.5. The third kappa shape index (κ3) is 2.87. The third-order valence-electron chi connectivity index (χ3n) is 5.72. The highest BCUT2D eigenvalue weighted by Gasteiger charge is 2.54. The minimum Gasteiger partial charge on any atom is -0.388 e. The minimum absolute atomic E-state index is 0.0200. The Balaban J connectivity index is 1.82. The van der Waals surface area contributed by atoms with Crippen LogP contribution in [0.1, 0.15) is 44.9 Å². The van der Waals surface area contributed by atoms with E-state index < -0.39 is 20.7 Å². The Labute approximate surface area is 126 Å². The van der Waals surface area contributed by atoms with Gasteiger partial charge in [-0.3, -0.25) is 0 Å². The average Bonchev–Trinajstić information content (AvgIpc) is 2.83. The van der Waals surface area contributed by atoms with Crippen LogP contribution in [0.5, 0.6) is 0 Å². The van der Waals surface area contributed by atoms with Crippen molar-refractivity contribution >= 4 is 9.84 Å². The molecule has 5 nitrogen and oxygen atoms in total. The fourth-order valence-corrected chi connectivity index (χ4v) is 6.23. The van der Waals surface area contributed by atoms with Crippen molar-refractivity contribution in [2.45, 2.75) is 61.4 Å². The Morgan fingerprint density at radius 2 is 1.81 bits per heavy atom. The number of rotatable bonds is 2. The van der Waals surface area contributed by atoms with Gasteiger partial charge in [0.1, 0.15) is 0 Å². The summed E-state index contributed by atoms with van der Waals surface area (Å²) >= 11 is 0. The second-order valence-electron chi connectivity index (χ2n) is 7.04. The van der Waals surface area contributed by atoms with Gasteiger partial charge in [-0.25, -0.2) is 8.42 Å². The molecule has 3 aliphatic rings. The molecule has 2 heterocycles. The maximum Gasteiger partial charge on any atom is 0.153 e. The van der Waals surface area contributed by atoms with E-state index in [1.54, 1.807) is 0 Å². The van der Waals surface area contributed by atoms with Crippen molar-refractivity contribution in [1.82, 2.24) is 0 Å². The lowest BCUT2D eigenvalue weighted by Crippen LogP contribution is -2.55. The lowest BCUT2D eigenvalue weighted by molar-refractivity contribution is -0.173. The van der Waals surface area contributed by atoms with Gasteiger partial charge < -0.3 is 14.6 Å². The number of hydrogen-bond donors (Lipinski definition) is 1. The van der Waals surface area contributed by atoms with Crippen molar-refractivity contribution in [2.24, 2.45) is 5.92 Å². The second-order valence-corrected chi connectivity index (χ2v) is 9.26. The van der Waals surface area contributed by atoms with Gasteiger partial charge >= 0.3 is 0 Å². The molecule has 0 amide bonds. The molecule has 1 saturated carbocycles. The van der Waals surface area contributed by atoms with Gasteiger partial charge in [0, 0.05) is 26.1 Å². The Morgan fingerprint density at radius 3 is 2.48 bits per heavy atom. The SMILES string of the molecule is CS(=O)(=O)C1CCCC1(O)C1CCOC2(CCOCC2)C1. The summed E-state index contributed by atoms with van der Waals surface area (Å²) in [5.74, 6) is 0.0200. The van der Waals surface area contributed by atoms with Gasteiger partial charge in [0.05, 0.1) is 16.5 Å². The summed E-state index contributed by atoms with van der Waals surface area (Å²) in [6.07, 6.45) is 6.46. The third-order valence-corrected chi connectivity index (χ3v) is 7.40. The highest BCUT2D eigenvalue weighted by molar-refractivity contribution is 7.91. The van der Waals surface area contributed by atoms with Gasteiger partial charge in [-0.2, -0.15) is 0 Å². The zero-order valence-electron chi connectivity index (χ0n) is 12.7. The number of hydrogen-bond acceptors (Lipinski definition) is 5. The molecular weight excluding hydrogens is 292 g/mol. The minimum atomic E-state index is -3.22. The van der Waals surface area contributed by atoms with Crippen LogP contribution in [0.2, 0.25) is 0 Å². The van der Waals surface area contributed by atoms with Crippen molar-refractivity contribution in [3.8, 4) is 0 Å². The summed E-state index contributed by atoms with van der Waals surface area (Å²) in [7, 11) is -3.22. The fourth-order valence-electron chi connectivity index (χ4n) is 4.58. The number of aliphatic hydroxyl groups is 1. The molecule has 2 aliphatic heterocycles. The molecule has 1 aliphatic carbocycles. The molecular formula is C15H26O5S. The molecule has 3 rings (SSSR count). The van der Waals surface area contributed by atoms with Gasteiger partial charge in [0.15, 0.2) is 9.84 Å². The molecule has 1 N–H and O–H groups in total. The van der Waals surface area contributed by atoms with Gasteiger partial charge in [0.2, 0.25) is 0 Å².